The standard InChI is InChI=1S/C55H34N2O/c1-3-17-35(18-4-1)56(37-31-32-49-43(33-37)40-23-10-15-29-48(40)57(49)36-19-5-2-6-20-36)50-34-47-52(54-53(50)42-25-11-16-30-51(42)58-54)41-24-9-14-28-46(41)55(47)44-26-12-7-21-38(44)39-22-8-13-27-45(39)55/h1-34H/i2D,5D,6D,19D,20D. The van der Waals surface area contributed by atoms with Crippen molar-refractivity contribution >= 4 is 60.8 Å². The molecule has 9 aromatic carbocycles. The third-order valence-corrected chi connectivity index (χ3v) is 12.5. The van der Waals surface area contributed by atoms with Crippen LogP contribution in [-0.2, 0) is 5.41 Å². The number of hydrogen-bond acceptors (Lipinski definition) is 2. The molecule has 2 heterocycles. The molecule has 0 unspecified atom stereocenters. The van der Waals surface area contributed by atoms with Crippen molar-refractivity contribution in [2.75, 3.05) is 4.90 Å². The highest BCUT2D eigenvalue weighted by atomic mass is 16.3. The van der Waals surface area contributed by atoms with Crippen molar-refractivity contribution in [2.24, 2.45) is 0 Å². The van der Waals surface area contributed by atoms with Gasteiger partial charge in [0.25, 0.3) is 0 Å². The Morgan fingerprint density at radius 1 is 0.483 bits per heavy atom. The molecule has 11 aromatic rings. The SMILES string of the molecule is [2H]c1c([2H])c([2H])c(-n2c3ccccc3c3cc(N(c4ccccc4)c4cc5c(c6oc7ccccc7c46)-c4ccccc4C54c5ccccc5-c5ccccc54)ccc32)c([2H])c1[2H]. The Hall–Kier alpha value is -7.62. The van der Waals surface area contributed by atoms with E-state index in [0.717, 1.165) is 77.5 Å². The minimum absolute atomic E-state index is 0.118. The van der Waals surface area contributed by atoms with Gasteiger partial charge in [0.2, 0.25) is 0 Å². The quantitative estimate of drug-likeness (QED) is 0.179. The largest absolute Gasteiger partial charge is 0.455 e. The van der Waals surface area contributed by atoms with Gasteiger partial charge in [-0.2, -0.15) is 0 Å². The maximum atomic E-state index is 8.98. The summed E-state index contributed by atoms with van der Waals surface area (Å²) in [4.78, 5) is 2.32. The molecule has 270 valence electrons. The van der Waals surface area contributed by atoms with Crippen LogP contribution >= 0.6 is 0 Å². The predicted octanol–water partition coefficient (Wildman–Crippen LogP) is 14.5. The van der Waals surface area contributed by atoms with Gasteiger partial charge in [-0.05, 0) is 99.6 Å². The fourth-order valence-corrected chi connectivity index (χ4v) is 10.3. The number of rotatable bonds is 4. The van der Waals surface area contributed by atoms with Crippen molar-refractivity contribution in [3.63, 3.8) is 0 Å². The van der Waals surface area contributed by atoms with E-state index in [1.165, 1.54) is 27.8 Å². The third-order valence-electron chi connectivity index (χ3n) is 12.5. The van der Waals surface area contributed by atoms with E-state index < -0.39 is 11.5 Å². The molecule has 0 saturated heterocycles. The molecule has 0 atom stereocenters. The lowest BCUT2D eigenvalue weighted by molar-refractivity contribution is 0.669. The molecule has 13 rings (SSSR count). The maximum absolute atomic E-state index is 8.98. The van der Waals surface area contributed by atoms with Crippen LogP contribution in [0.4, 0.5) is 17.1 Å². The molecular weight excluding hydrogens is 705 g/mol. The molecule has 2 aliphatic rings. The zero-order chi connectivity index (χ0) is 42.3. The second-order valence-electron chi connectivity index (χ2n) is 15.2. The molecule has 3 heteroatoms. The van der Waals surface area contributed by atoms with E-state index in [0.29, 0.717) is 0 Å². The summed E-state index contributed by atoms with van der Waals surface area (Å²) in [5, 5.41) is 3.79. The minimum Gasteiger partial charge on any atom is -0.455 e. The summed E-state index contributed by atoms with van der Waals surface area (Å²) < 4.78 is 52.3. The Bertz CT molecular complexity index is 3700. The molecule has 2 aromatic heterocycles. The highest BCUT2D eigenvalue weighted by Gasteiger charge is 2.53. The number of hydrogen-bond donors (Lipinski definition) is 0. The smallest absolute Gasteiger partial charge is 0.145 e. The summed E-state index contributed by atoms with van der Waals surface area (Å²) in [6.07, 6.45) is 0. The fraction of sp³-hybridized carbons (Fsp3) is 0.0182. The minimum atomic E-state index is -0.620. The Morgan fingerprint density at radius 2 is 1.09 bits per heavy atom. The van der Waals surface area contributed by atoms with E-state index in [1.54, 1.807) is 0 Å². The van der Waals surface area contributed by atoms with Crippen LogP contribution < -0.4 is 4.90 Å². The zero-order valence-electron chi connectivity index (χ0n) is 36.0. The van der Waals surface area contributed by atoms with Crippen LogP contribution in [-0.4, -0.2) is 4.57 Å². The molecule has 0 saturated carbocycles. The van der Waals surface area contributed by atoms with Crippen LogP contribution in [0.1, 0.15) is 29.1 Å². The number of anilines is 3. The third kappa shape index (κ3) is 4.02. The van der Waals surface area contributed by atoms with Crippen molar-refractivity contribution in [3.05, 3.63) is 228 Å². The van der Waals surface area contributed by atoms with Gasteiger partial charge in [0, 0.05) is 38.8 Å². The van der Waals surface area contributed by atoms with Crippen LogP contribution in [0.15, 0.2) is 211 Å². The number of para-hydroxylation sites is 4. The predicted molar refractivity (Wildman–Crippen MR) is 239 cm³/mol. The molecule has 0 fully saturated rings. The Kier molecular flexibility index (Phi) is 5.46. The molecule has 0 bridgehead atoms. The van der Waals surface area contributed by atoms with E-state index in [4.69, 9.17) is 11.3 Å². The second-order valence-corrected chi connectivity index (χ2v) is 15.2. The molecule has 0 amide bonds. The van der Waals surface area contributed by atoms with Crippen molar-refractivity contribution in [3.8, 4) is 27.9 Å². The van der Waals surface area contributed by atoms with Gasteiger partial charge in [-0.1, -0.05) is 146 Å². The first kappa shape index (κ1) is 27.1. The van der Waals surface area contributed by atoms with E-state index in [9.17, 15) is 0 Å². The number of furan rings is 1. The van der Waals surface area contributed by atoms with Crippen LogP contribution in [0.3, 0.4) is 0 Å². The van der Waals surface area contributed by atoms with Gasteiger partial charge in [-0.3, -0.25) is 0 Å². The molecular formula is C55H34N2O. The first-order valence-corrected chi connectivity index (χ1v) is 19.6. The lowest BCUT2D eigenvalue weighted by Crippen LogP contribution is -2.26. The van der Waals surface area contributed by atoms with Gasteiger partial charge < -0.3 is 13.9 Å². The molecule has 2 aliphatic carbocycles. The van der Waals surface area contributed by atoms with E-state index in [-0.39, 0.29) is 29.9 Å². The Balaban J connectivity index is 1.16. The molecule has 0 N–H and O–H groups in total. The van der Waals surface area contributed by atoms with Crippen LogP contribution in [0.5, 0.6) is 0 Å². The molecule has 0 radical (unpaired) electrons. The van der Waals surface area contributed by atoms with Crippen LogP contribution in [0.2, 0.25) is 0 Å². The Morgan fingerprint density at radius 3 is 1.84 bits per heavy atom. The van der Waals surface area contributed by atoms with Crippen molar-refractivity contribution in [1.82, 2.24) is 4.57 Å². The average molecular weight is 744 g/mol. The molecule has 3 nitrogen and oxygen atoms in total. The van der Waals surface area contributed by atoms with Crippen LogP contribution in [0, 0.1) is 0 Å². The first-order valence-electron chi connectivity index (χ1n) is 22.1. The van der Waals surface area contributed by atoms with Crippen molar-refractivity contribution in [1.29, 1.82) is 0 Å². The van der Waals surface area contributed by atoms with Crippen molar-refractivity contribution < 1.29 is 11.3 Å². The summed E-state index contributed by atoms with van der Waals surface area (Å²) >= 11 is 0. The van der Waals surface area contributed by atoms with E-state index in [1.807, 2.05) is 47.0 Å². The maximum Gasteiger partial charge on any atom is 0.145 e. The summed E-state index contributed by atoms with van der Waals surface area (Å²) in [6, 6.07) is 60.0. The fourth-order valence-electron chi connectivity index (χ4n) is 10.3. The van der Waals surface area contributed by atoms with Crippen molar-refractivity contribution in [2.45, 2.75) is 5.41 Å². The summed E-state index contributed by atoms with van der Waals surface area (Å²) in [5.41, 5.74) is 15.0. The average Bonchev–Trinajstić information content (AvgIpc) is 4.05. The zero-order valence-corrected chi connectivity index (χ0v) is 31.0. The normalized spacial score (nSPS) is 14.5. The molecule has 1 spiro atoms. The van der Waals surface area contributed by atoms with Gasteiger partial charge in [-0.25, -0.2) is 0 Å². The van der Waals surface area contributed by atoms with E-state index in [2.05, 4.69) is 138 Å². The second kappa shape index (κ2) is 11.7. The number of benzene rings is 9. The van der Waals surface area contributed by atoms with Gasteiger partial charge in [-0.15, -0.1) is 0 Å². The topological polar surface area (TPSA) is 21.3 Å². The molecule has 0 aliphatic heterocycles. The summed E-state index contributed by atoms with van der Waals surface area (Å²) in [5.74, 6) is 0. The van der Waals surface area contributed by atoms with Gasteiger partial charge in [0.05, 0.1) is 34.4 Å². The summed E-state index contributed by atoms with van der Waals surface area (Å²) in [7, 11) is 0. The van der Waals surface area contributed by atoms with Gasteiger partial charge in [0.1, 0.15) is 11.2 Å². The lowest BCUT2D eigenvalue weighted by atomic mass is 9.70. The number of nitrogens with zero attached hydrogens (tertiary/aromatic N) is 2. The summed E-state index contributed by atoms with van der Waals surface area (Å²) in [6.45, 7) is 0. The molecule has 58 heavy (non-hydrogen) atoms. The number of aromatic nitrogens is 1. The highest BCUT2D eigenvalue weighted by molar-refractivity contribution is 6.20. The number of fused-ring (bicyclic) bond motifs is 17. The highest BCUT2D eigenvalue weighted by Crippen LogP contribution is 2.65. The van der Waals surface area contributed by atoms with Crippen LogP contribution in [0.25, 0.3) is 71.7 Å². The van der Waals surface area contributed by atoms with Gasteiger partial charge in [0.15, 0.2) is 0 Å². The Labute approximate surface area is 342 Å². The van der Waals surface area contributed by atoms with Gasteiger partial charge >= 0.3 is 0 Å². The monoisotopic (exact) mass is 743 g/mol. The lowest BCUT2D eigenvalue weighted by Gasteiger charge is -2.32. The van der Waals surface area contributed by atoms with E-state index >= 15 is 0 Å². The first-order chi connectivity index (χ1) is 30.9.